The number of aromatic nitrogens is 2. The molecule has 0 spiro atoms. The Hall–Kier alpha value is -0.650. The summed E-state index contributed by atoms with van der Waals surface area (Å²) in [6, 6.07) is 1.76. The number of aliphatic hydroxyl groups is 1. The Bertz CT molecular complexity index is 314. The van der Waals surface area contributed by atoms with E-state index in [2.05, 4.69) is 15.3 Å². The Balaban J connectivity index is 2.29. The van der Waals surface area contributed by atoms with E-state index < -0.39 is 5.60 Å². The topological polar surface area (TPSA) is 58.0 Å². The normalized spacial score (nSPS) is 19.5. The maximum absolute atomic E-state index is 9.94. The fraction of sp³-hybridized carbons (Fsp3) is 0.500. The summed E-state index contributed by atoms with van der Waals surface area (Å²) in [5, 5.41) is 13.7. The molecule has 1 aromatic rings. The molecule has 0 aliphatic carbocycles. The monoisotopic (exact) mass is 197 g/mol. The van der Waals surface area contributed by atoms with Crippen LogP contribution in [0.3, 0.4) is 0 Å². The van der Waals surface area contributed by atoms with Crippen molar-refractivity contribution in [2.24, 2.45) is 0 Å². The van der Waals surface area contributed by atoms with Crippen molar-refractivity contribution in [2.45, 2.75) is 10.8 Å². The largest absolute Gasteiger partial charge is 0.381 e. The van der Waals surface area contributed by atoms with Crippen molar-refractivity contribution in [3.63, 3.8) is 0 Å². The standard InChI is InChI=1S/C8H11N3OS/c1-13-7-10-3-2-6(11-7)8(12)4-9-5-8/h2-3,9,12H,4-5H2,1H3. The number of thioether (sulfide) groups is 1. The lowest BCUT2D eigenvalue weighted by atomic mass is 9.93. The summed E-state index contributed by atoms with van der Waals surface area (Å²) in [6.45, 7) is 1.16. The van der Waals surface area contributed by atoms with Gasteiger partial charge in [-0.25, -0.2) is 9.97 Å². The summed E-state index contributed by atoms with van der Waals surface area (Å²) in [6.07, 6.45) is 3.60. The van der Waals surface area contributed by atoms with Crippen LogP contribution in [0.5, 0.6) is 0 Å². The molecule has 0 aromatic carbocycles. The first-order valence-corrected chi connectivity index (χ1v) is 5.28. The first kappa shape index (κ1) is 8.93. The lowest BCUT2D eigenvalue weighted by Crippen LogP contribution is -2.57. The minimum Gasteiger partial charge on any atom is -0.381 e. The van der Waals surface area contributed by atoms with Crippen LogP contribution in [-0.4, -0.2) is 34.4 Å². The third kappa shape index (κ3) is 1.54. The average molecular weight is 197 g/mol. The van der Waals surface area contributed by atoms with E-state index in [9.17, 15) is 5.11 Å². The number of nitrogens with zero attached hydrogens (tertiary/aromatic N) is 2. The van der Waals surface area contributed by atoms with Gasteiger partial charge in [0.2, 0.25) is 0 Å². The lowest BCUT2D eigenvalue weighted by molar-refractivity contribution is -0.0192. The maximum atomic E-state index is 9.94. The van der Waals surface area contributed by atoms with E-state index in [-0.39, 0.29) is 0 Å². The SMILES string of the molecule is CSc1nccc(C2(O)CNC2)n1. The minimum absolute atomic E-state index is 0.581. The van der Waals surface area contributed by atoms with E-state index in [1.807, 2.05) is 6.26 Å². The molecule has 1 aliphatic rings. The van der Waals surface area contributed by atoms with Gasteiger partial charge in [-0.05, 0) is 12.3 Å². The van der Waals surface area contributed by atoms with Gasteiger partial charge in [0, 0.05) is 19.3 Å². The van der Waals surface area contributed by atoms with Gasteiger partial charge in [-0.2, -0.15) is 0 Å². The minimum atomic E-state index is -0.770. The van der Waals surface area contributed by atoms with Crippen molar-refractivity contribution in [2.75, 3.05) is 19.3 Å². The van der Waals surface area contributed by atoms with Crippen molar-refractivity contribution in [3.05, 3.63) is 18.0 Å². The predicted molar refractivity (Wildman–Crippen MR) is 50.6 cm³/mol. The molecule has 0 amide bonds. The molecule has 1 aromatic heterocycles. The predicted octanol–water partition coefficient (Wildman–Crippen LogP) is -0.0107. The first-order chi connectivity index (χ1) is 6.24. The van der Waals surface area contributed by atoms with E-state index in [4.69, 9.17) is 0 Å². The van der Waals surface area contributed by atoms with E-state index in [0.29, 0.717) is 23.9 Å². The Morgan fingerprint density at radius 3 is 2.92 bits per heavy atom. The van der Waals surface area contributed by atoms with E-state index in [1.165, 1.54) is 11.8 Å². The van der Waals surface area contributed by atoms with Gasteiger partial charge in [0.25, 0.3) is 0 Å². The molecule has 4 nitrogen and oxygen atoms in total. The molecule has 2 heterocycles. The van der Waals surface area contributed by atoms with E-state index >= 15 is 0 Å². The second-order valence-electron chi connectivity index (χ2n) is 3.06. The number of rotatable bonds is 2. The molecule has 2 N–H and O–H groups in total. The molecule has 0 unspecified atom stereocenters. The molecule has 1 aliphatic heterocycles. The number of β-amino-alcohol motifs (C(OH)–C–C–N with tert-alkyl or cyclic N) is 1. The van der Waals surface area contributed by atoms with Crippen molar-refractivity contribution >= 4 is 11.8 Å². The van der Waals surface area contributed by atoms with Crippen LogP contribution in [0.4, 0.5) is 0 Å². The fourth-order valence-corrected chi connectivity index (χ4v) is 1.60. The van der Waals surface area contributed by atoms with Crippen LogP contribution in [0.1, 0.15) is 5.69 Å². The van der Waals surface area contributed by atoms with Crippen molar-refractivity contribution < 1.29 is 5.11 Å². The van der Waals surface area contributed by atoms with Gasteiger partial charge < -0.3 is 10.4 Å². The van der Waals surface area contributed by atoms with Crippen LogP contribution in [0.2, 0.25) is 0 Å². The summed E-state index contributed by atoms with van der Waals surface area (Å²) in [7, 11) is 0. The van der Waals surface area contributed by atoms with E-state index in [0.717, 1.165) is 0 Å². The van der Waals surface area contributed by atoms with Gasteiger partial charge in [0.15, 0.2) is 5.16 Å². The highest BCUT2D eigenvalue weighted by atomic mass is 32.2. The van der Waals surface area contributed by atoms with Gasteiger partial charge in [-0.15, -0.1) is 0 Å². The molecule has 0 atom stereocenters. The van der Waals surface area contributed by atoms with E-state index in [1.54, 1.807) is 12.3 Å². The smallest absolute Gasteiger partial charge is 0.187 e. The Labute approximate surface area is 80.8 Å². The van der Waals surface area contributed by atoms with Crippen molar-refractivity contribution in [3.8, 4) is 0 Å². The van der Waals surface area contributed by atoms with Gasteiger partial charge in [-0.1, -0.05) is 11.8 Å². The zero-order valence-corrected chi connectivity index (χ0v) is 8.14. The highest BCUT2D eigenvalue weighted by molar-refractivity contribution is 7.98. The molecule has 5 heteroatoms. The number of hydrogen-bond donors (Lipinski definition) is 2. The van der Waals surface area contributed by atoms with Crippen molar-refractivity contribution in [1.29, 1.82) is 0 Å². The third-order valence-electron chi connectivity index (χ3n) is 2.13. The molecular formula is C8H11N3OS. The maximum Gasteiger partial charge on any atom is 0.187 e. The third-order valence-corrected chi connectivity index (χ3v) is 2.69. The Kier molecular flexibility index (Phi) is 2.23. The number of nitrogens with one attached hydrogen (secondary N) is 1. The van der Waals surface area contributed by atoms with Crippen LogP contribution in [0.25, 0.3) is 0 Å². The zero-order valence-electron chi connectivity index (χ0n) is 7.32. The molecular weight excluding hydrogens is 186 g/mol. The van der Waals surface area contributed by atoms with Crippen LogP contribution >= 0.6 is 11.8 Å². The summed E-state index contributed by atoms with van der Waals surface area (Å²) >= 11 is 1.48. The van der Waals surface area contributed by atoms with Gasteiger partial charge in [-0.3, -0.25) is 0 Å². The molecule has 13 heavy (non-hydrogen) atoms. The van der Waals surface area contributed by atoms with Crippen molar-refractivity contribution in [1.82, 2.24) is 15.3 Å². The molecule has 0 bridgehead atoms. The summed E-state index contributed by atoms with van der Waals surface area (Å²) < 4.78 is 0. The zero-order chi connectivity index (χ0) is 9.31. The Morgan fingerprint density at radius 2 is 2.38 bits per heavy atom. The van der Waals surface area contributed by atoms with Crippen LogP contribution < -0.4 is 5.32 Å². The highest BCUT2D eigenvalue weighted by Crippen LogP contribution is 2.23. The molecule has 1 saturated heterocycles. The van der Waals surface area contributed by atoms with Gasteiger partial charge >= 0.3 is 0 Å². The van der Waals surface area contributed by atoms with Crippen LogP contribution in [-0.2, 0) is 5.60 Å². The molecule has 0 radical (unpaired) electrons. The number of hydrogen-bond acceptors (Lipinski definition) is 5. The second-order valence-corrected chi connectivity index (χ2v) is 3.84. The van der Waals surface area contributed by atoms with Crippen LogP contribution in [0, 0.1) is 0 Å². The molecule has 1 fully saturated rings. The van der Waals surface area contributed by atoms with Gasteiger partial charge in [0.05, 0.1) is 5.69 Å². The molecule has 2 rings (SSSR count). The highest BCUT2D eigenvalue weighted by Gasteiger charge is 2.37. The summed E-state index contributed by atoms with van der Waals surface area (Å²) in [5.41, 5.74) is -0.0569. The lowest BCUT2D eigenvalue weighted by Gasteiger charge is -2.36. The van der Waals surface area contributed by atoms with Gasteiger partial charge in [0.1, 0.15) is 5.60 Å². The summed E-state index contributed by atoms with van der Waals surface area (Å²) in [5.74, 6) is 0. The fourth-order valence-electron chi connectivity index (χ4n) is 1.24. The van der Waals surface area contributed by atoms with Crippen LogP contribution in [0.15, 0.2) is 17.4 Å². The molecule has 70 valence electrons. The Morgan fingerprint density at radius 1 is 1.62 bits per heavy atom. The first-order valence-electron chi connectivity index (χ1n) is 4.05. The summed E-state index contributed by atoms with van der Waals surface area (Å²) in [4.78, 5) is 8.30. The second kappa shape index (κ2) is 3.25. The molecule has 0 saturated carbocycles. The quantitative estimate of drug-likeness (QED) is 0.516. The average Bonchev–Trinajstić information content (AvgIpc) is 2.14.